The summed E-state index contributed by atoms with van der Waals surface area (Å²) >= 11 is 0. The molecule has 4 heteroatoms. The second-order valence-electron chi connectivity index (χ2n) is 21.9. The molecule has 1 N–H and O–H groups in total. The minimum absolute atomic E-state index is 0.0893. The fraction of sp³-hybridized carbons (Fsp3) is 0.206. The standard InChI is InChI=1S/C68H63N3O/c1-67(2,3)55-34-35-62(58(42-55)49-24-15-9-16-25-49)71-63-29-19-28-57(64(63)70-66(71)60-44-56(68(4,5)6)43-59(65(60)72)50-26-17-10-18-27-50)53-38-52(46-22-13-8-14-23-46)39-54(40-53)61-41-51(36-37-69-61)48-32-30-47(31-33-48)45-20-11-7-12-21-45/h8-10,13-19,22-45,72H,7,11-12,20-21H2,1-6H3. The summed E-state index contributed by atoms with van der Waals surface area (Å²) in [4.78, 5) is 10.8. The van der Waals surface area contributed by atoms with Crippen LogP contribution in [0, 0.1) is 0 Å². The molecule has 8 aromatic carbocycles. The first-order valence-corrected chi connectivity index (χ1v) is 25.8. The number of nitrogens with zero attached hydrogens (tertiary/aromatic N) is 3. The summed E-state index contributed by atoms with van der Waals surface area (Å²) in [5.74, 6) is 1.53. The molecule has 0 saturated heterocycles. The number of benzene rings is 8. The van der Waals surface area contributed by atoms with E-state index in [2.05, 4.69) is 222 Å². The largest absolute Gasteiger partial charge is 0.507 e. The zero-order chi connectivity index (χ0) is 49.6. The number of aromatic hydroxyl groups is 1. The predicted octanol–water partition coefficient (Wildman–Crippen LogP) is 18.4. The quantitative estimate of drug-likeness (QED) is 0.157. The van der Waals surface area contributed by atoms with Gasteiger partial charge in [0.05, 0.1) is 28.0 Å². The molecule has 72 heavy (non-hydrogen) atoms. The van der Waals surface area contributed by atoms with Gasteiger partial charge in [-0.2, -0.15) is 0 Å². The lowest BCUT2D eigenvalue weighted by Crippen LogP contribution is -2.13. The van der Waals surface area contributed by atoms with Gasteiger partial charge in [0, 0.05) is 28.5 Å². The maximum atomic E-state index is 12.7. The molecule has 0 unspecified atom stereocenters. The molecule has 0 aliphatic heterocycles. The highest BCUT2D eigenvalue weighted by atomic mass is 16.3. The Morgan fingerprint density at radius 2 is 1.03 bits per heavy atom. The number of para-hydroxylation sites is 1. The van der Waals surface area contributed by atoms with Crippen LogP contribution in [0.2, 0.25) is 0 Å². The Morgan fingerprint density at radius 3 is 1.69 bits per heavy atom. The Balaban J connectivity index is 1.15. The Kier molecular flexibility index (Phi) is 12.3. The maximum Gasteiger partial charge on any atom is 0.149 e. The van der Waals surface area contributed by atoms with Crippen molar-refractivity contribution >= 4 is 11.0 Å². The minimum atomic E-state index is -0.227. The predicted molar refractivity (Wildman–Crippen MR) is 302 cm³/mol. The van der Waals surface area contributed by atoms with Crippen molar-refractivity contribution in [2.45, 2.75) is 90.4 Å². The molecular formula is C68H63N3O. The lowest BCUT2D eigenvalue weighted by molar-refractivity contribution is 0.443. The van der Waals surface area contributed by atoms with Gasteiger partial charge in [0.1, 0.15) is 11.6 Å². The number of phenolic OH excluding ortho intramolecular Hbond substituents is 1. The molecule has 2 aromatic heterocycles. The van der Waals surface area contributed by atoms with Gasteiger partial charge >= 0.3 is 0 Å². The number of hydrogen-bond donors (Lipinski definition) is 1. The van der Waals surface area contributed by atoms with Gasteiger partial charge in [-0.25, -0.2) is 4.98 Å². The van der Waals surface area contributed by atoms with Gasteiger partial charge in [-0.05, 0) is 146 Å². The Hall–Kier alpha value is -7.82. The van der Waals surface area contributed by atoms with Crippen LogP contribution in [0.15, 0.2) is 200 Å². The van der Waals surface area contributed by atoms with E-state index in [-0.39, 0.29) is 16.6 Å². The van der Waals surface area contributed by atoms with Crippen molar-refractivity contribution in [2.75, 3.05) is 0 Å². The molecule has 0 radical (unpaired) electrons. The van der Waals surface area contributed by atoms with Crippen molar-refractivity contribution in [3.05, 3.63) is 217 Å². The van der Waals surface area contributed by atoms with Gasteiger partial charge in [0.15, 0.2) is 0 Å². The highest BCUT2D eigenvalue weighted by Crippen LogP contribution is 2.46. The maximum absolute atomic E-state index is 12.7. The smallest absolute Gasteiger partial charge is 0.149 e. The first-order valence-electron chi connectivity index (χ1n) is 25.8. The SMILES string of the molecule is CC(C)(C)c1ccc(-n2c(-c3cc(C(C)(C)C)cc(-c4ccccc4)c3O)nc3c(-c4cc(-c5ccccc5)cc(-c5cc(-c6ccc(C7CCCCC7)cc6)ccn5)c4)cccc32)c(-c2ccccc2)c1. The van der Waals surface area contributed by atoms with Crippen LogP contribution in [-0.4, -0.2) is 19.6 Å². The summed E-state index contributed by atoms with van der Waals surface area (Å²) in [6, 6.07) is 69.6. The summed E-state index contributed by atoms with van der Waals surface area (Å²) in [7, 11) is 0. The molecule has 2 heterocycles. The van der Waals surface area contributed by atoms with E-state index in [1.54, 1.807) is 0 Å². The van der Waals surface area contributed by atoms with E-state index in [1.807, 2.05) is 24.4 Å². The third kappa shape index (κ3) is 9.19. The first-order chi connectivity index (χ1) is 34.9. The van der Waals surface area contributed by atoms with E-state index in [0.717, 1.165) is 83.6 Å². The fourth-order valence-corrected chi connectivity index (χ4v) is 10.8. The van der Waals surface area contributed by atoms with Gasteiger partial charge in [0.2, 0.25) is 0 Å². The molecule has 0 amide bonds. The summed E-state index contributed by atoms with van der Waals surface area (Å²) in [6.07, 6.45) is 8.53. The number of pyridine rings is 1. The summed E-state index contributed by atoms with van der Waals surface area (Å²) in [5.41, 5.74) is 19.3. The molecular weight excluding hydrogens is 875 g/mol. The van der Waals surface area contributed by atoms with Crippen molar-refractivity contribution < 1.29 is 5.11 Å². The van der Waals surface area contributed by atoms with Crippen LogP contribution < -0.4 is 0 Å². The third-order valence-corrected chi connectivity index (χ3v) is 14.9. The number of hydrogen-bond acceptors (Lipinski definition) is 3. The van der Waals surface area contributed by atoms with E-state index in [4.69, 9.17) is 9.97 Å². The number of fused-ring (bicyclic) bond motifs is 1. The molecule has 10 aromatic rings. The monoisotopic (exact) mass is 937 g/mol. The zero-order valence-electron chi connectivity index (χ0n) is 42.5. The van der Waals surface area contributed by atoms with E-state index in [0.29, 0.717) is 17.3 Å². The van der Waals surface area contributed by atoms with Crippen LogP contribution in [-0.2, 0) is 10.8 Å². The van der Waals surface area contributed by atoms with Crippen LogP contribution in [0.5, 0.6) is 5.75 Å². The van der Waals surface area contributed by atoms with Crippen molar-refractivity contribution in [2.24, 2.45) is 0 Å². The van der Waals surface area contributed by atoms with Crippen LogP contribution in [0.1, 0.15) is 96.3 Å². The molecule has 0 atom stereocenters. The van der Waals surface area contributed by atoms with Crippen LogP contribution in [0.25, 0.3) is 95.0 Å². The van der Waals surface area contributed by atoms with Crippen molar-refractivity contribution in [1.82, 2.24) is 14.5 Å². The van der Waals surface area contributed by atoms with Gasteiger partial charge in [-0.3, -0.25) is 9.55 Å². The van der Waals surface area contributed by atoms with E-state index >= 15 is 0 Å². The zero-order valence-corrected chi connectivity index (χ0v) is 42.5. The number of aromatic nitrogens is 3. The molecule has 1 aliphatic carbocycles. The highest BCUT2D eigenvalue weighted by Gasteiger charge is 2.28. The lowest BCUT2D eigenvalue weighted by atomic mass is 9.83. The number of imidazole rings is 1. The molecule has 4 nitrogen and oxygen atoms in total. The summed E-state index contributed by atoms with van der Waals surface area (Å²) < 4.78 is 2.29. The first kappa shape index (κ1) is 46.6. The molecule has 1 fully saturated rings. The molecule has 356 valence electrons. The van der Waals surface area contributed by atoms with Gasteiger partial charge in [-0.15, -0.1) is 0 Å². The molecule has 1 saturated carbocycles. The van der Waals surface area contributed by atoms with Crippen molar-refractivity contribution in [1.29, 1.82) is 0 Å². The highest BCUT2D eigenvalue weighted by molar-refractivity contribution is 5.99. The normalized spacial score (nSPS) is 13.4. The third-order valence-electron chi connectivity index (χ3n) is 14.9. The van der Waals surface area contributed by atoms with E-state index < -0.39 is 0 Å². The molecule has 1 aliphatic rings. The summed E-state index contributed by atoms with van der Waals surface area (Å²) in [5, 5.41) is 12.7. The average Bonchev–Trinajstić information content (AvgIpc) is 3.80. The Bertz CT molecular complexity index is 3550. The van der Waals surface area contributed by atoms with Crippen LogP contribution in [0.4, 0.5) is 0 Å². The van der Waals surface area contributed by atoms with E-state index in [9.17, 15) is 5.11 Å². The topological polar surface area (TPSA) is 50.9 Å². The fourth-order valence-electron chi connectivity index (χ4n) is 10.8. The van der Waals surface area contributed by atoms with Gasteiger partial charge < -0.3 is 5.11 Å². The minimum Gasteiger partial charge on any atom is -0.507 e. The molecule has 11 rings (SSSR count). The lowest BCUT2D eigenvalue weighted by Gasteiger charge is -2.24. The molecule has 0 spiro atoms. The number of rotatable bonds is 9. The van der Waals surface area contributed by atoms with Crippen molar-refractivity contribution in [3.8, 4) is 89.7 Å². The van der Waals surface area contributed by atoms with Gasteiger partial charge in [0.25, 0.3) is 0 Å². The average molecular weight is 938 g/mol. The van der Waals surface area contributed by atoms with Crippen LogP contribution >= 0.6 is 0 Å². The Morgan fingerprint density at radius 1 is 0.444 bits per heavy atom. The second-order valence-corrected chi connectivity index (χ2v) is 21.9. The van der Waals surface area contributed by atoms with Gasteiger partial charge in [-0.1, -0.05) is 194 Å². The van der Waals surface area contributed by atoms with E-state index in [1.165, 1.54) is 48.8 Å². The Labute approximate surface area is 425 Å². The summed E-state index contributed by atoms with van der Waals surface area (Å²) in [6.45, 7) is 13.5. The van der Waals surface area contributed by atoms with Crippen molar-refractivity contribution in [3.63, 3.8) is 0 Å². The second kappa shape index (κ2) is 19.1. The number of phenols is 1. The molecule has 0 bridgehead atoms. The van der Waals surface area contributed by atoms with Crippen LogP contribution in [0.3, 0.4) is 0 Å².